The highest BCUT2D eigenvalue weighted by Crippen LogP contribution is 2.24. The average molecular weight is 258 g/mol. The molecule has 0 saturated carbocycles. The summed E-state index contributed by atoms with van der Waals surface area (Å²) in [6, 6.07) is 5.69. The van der Waals surface area contributed by atoms with E-state index in [-0.39, 0.29) is 22.6 Å². The predicted molar refractivity (Wildman–Crippen MR) is 61.9 cm³/mol. The first-order chi connectivity index (χ1) is 9.02. The molecule has 0 aliphatic heterocycles. The van der Waals surface area contributed by atoms with Crippen molar-refractivity contribution in [2.75, 3.05) is 0 Å². The van der Waals surface area contributed by atoms with Crippen molar-refractivity contribution in [3.8, 4) is 11.8 Å². The lowest BCUT2D eigenvalue weighted by molar-refractivity contribution is -0.384. The van der Waals surface area contributed by atoms with E-state index < -0.39 is 10.9 Å². The third-order valence-corrected chi connectivity index (χ3v) is 2.38. The molecule has 0 unspecified atom stereocenters. The number of nitrogens with zero attached hydrogens (tertiary/aromatic N) is 4. The molecule has 19 heavy (non-hydrogen) atoms. The molecular formula is C11H6N4O4. The van der Waals surface area contributed by atoms with Crippen molar-refractivity contribution in [2.24, 2.45) is 0 Å². The second kappa shape index (κ2) is 4.58. The van der Waals surface area contributed by atoms with Crippen molar-refractivity contribution in [3.05, 3.63) is 52.1 Å². The van der Waals surface area contributed by atoms with Gasteiger partial charge < -0.3 is 5.11 Å². The number of carboxylic acid groups (broad SMARTS) is 1. The van der Waals surface area contributed by atoms with Crippen molar-refractivity contribution in [1.29, 1.82) is 5.26 Å². The summed E-state index contributed by atoms with van der Waals surface area (Å²) in [7, 11) is 0. The van der Waals surface area contributed by atoms with E-state index in [2.05, 4.69) is 4.98 Å². The lowest BCUT2D eigenvalue weighted by atomic mass is 10.2. The summed E-state index contributed by atoms with van der Waals surface area (Å²) in [6.45, 7) is 0. The molecule has 0 bridgehead atoms. The molecule has 1 aromatic carbocycles. The molecule has 0 saturated heterocycles. The Hall–Kier alpha value is -3.21. The summed E-state index contributed by atoms with van der Waals surface area (Å²) in [5, 5.41) is 28.4. The second-order valence-corrected chi connectivity index (χ2v) is 3.54. The smallest absolute Gasteiger partial charge is 0.356 e. The number of rotatable bonds is 3. The van der Waals surface area contributed by atoms with Crippen LogP contribution in [0.2, 0.25) is 0 Å². The van der Waals surface area contributed by atoms with Crippen molar-refractivity contribution < 1.29 is 14.8 Å². The lowest BCUT2D eigenvalue weighted by Crippen LogP contribution is -1.99. The molecular weight excluding hydrogens is 252 g/mol. The van der Waals surface area contributed by atoms with Crippen LogP contribution in [-0.2, 0) is 0 Å². The molecule has 8 nitrogen and oxygen atoms in total. The van der Waals surface area contributed by atoms with Crippen LogP contribution in [0.4, 0.5) is 5.69 Å². The molecule has 2 rings (SSSR count). The molecule has 1 aromatic heterocycles. The zero-order valence-corrected chi connectivity index (χ0v) is 9.35. The van der Waals surface area contributed by atoms with Gasteiger partial charge in [-0.2, -0.15) is 5.26 Å². The Bertz CT molecular complexity index is 714. The molecule has 0 amide bonds. The first kappa shape index (κ1) is 12.3. The number of nitro benzene ring substituents is 1. The van der Waals surface area contributed by atoms with Crippen LogP contribution in [-0.4, -0.2) is 25.6 Å². The SMILES string of the molecule is N#Cc1ccc(-n2cnc(C(=O)O)c2)c([N+](=O)[O-])c1. The number of aromatic carboxylic acids is 1. The van der Waals surface area contributed by atoms with Gasteiger partial charge in [0.2, 0.25) is 0 Å². The van der Waals surface area contributed by atoms with Crippen LogP contribution in [0.5, 0.6) is 0 Å². The van der Waals surface area contributed by atoms with Gasteiger partial charge in [-0.05, 0) is 12.1 Å². The predicted octanol–water partition coefficient (Wildman–Crippen LogP) is 1.35. The van der Waals surface area contributed by atoms with Crippen molar-refractivity contribution in [2.45, 2.75) is 0 Å². The minimum absolute atomic E-state index is 0.143. The Kier molecular flexibility index (Phi) is 2.95. The number of imidazole rings is 1. The third kappa shape index (κ3) is 2.25. The highest BCUT2D eigenvalue weighted by atomic mass is 16.6. The van der Waals surface area contributed by atoms with E-state index in [4.69, 9.17) is 10.4 Å². The standard InChI is InChI=1S/C11H6N4O4/c12-4-7-1-2-9(10(3-7)15(18)19)14-5-8(11(16)17)13-6-14/h1-3,5-6H,(H,16,17). The molecule has 1 heterocycles. The number of nitro groups is 1. The highest BCUT2D eigenvalue weighted by Gasteiger charge is 2.17. The Morgan fingerprint density at radius 3 is 2.79 bits per heavy atom. The molecule has 1 N–H and O–H groups in total. The summed E-state index contributed by atoms with van der Waals surface area (Å²) < 4.78 is 1.22. The summed E-state index contributed by atoms with van der Waals surface area (Å²) in [6.07, 6.45) is 2.33. The van der Waals surface area contributed by atoms with E-state index in [0.29, 0.717) is 0 Å². The first-order valence-corrected chi connectivity index (χ1v) is 4.99. The average Bonchev–Trinajstić information content (AvgIpc) is 2.87. The van der Waals surface area contributed by atoms with E-state index in [0.717, 1.165) is 18.6 Å². The van der Waals surface area contributed by atoms with Gasteiger partial charge in [0.05, 0.1) is 16.6 Å². The van der Waals surface area contributed by atoms with E-state index in [1.54, 1.807) is 6.07 Å². The van der Waals surface area contributed by atoms with E-state index in [1.165, 1.54) is 16.7 Å². The molecule has 8 heteroatoms. The normalized spacial score (nSPS) is 9.84. The number of nitriles is 1. The van der Waals surface area contributed by atoms with Gasteiger partial charge in [-0.15, -0.1) is 0 Å². The molecule has 94 valence electrons. The van der Waals surface area contributed by atoms with Crippen LogP contribution >= 0.6 is 0 Å². The number of carboxylic acids is 1. The van der Waals surface area contributed by atoms with E-state index in [9.17, 15) is 14.9 Å². The molecule has 0 fully saturated rings. The maximum Gasteiger partial charge on any atom is 0.356 e. The zero-order chi connectivity index (χ0) is 14.0. The Morgan fingerprint density at radius 2 is 2.26 bits per heavy atom. The first-order valence-electron chi connectivity index (χ1n) is 4.99. The molecule has 0 aliphatic carbocycles. The number of aromatic nitrogens is 2. The lowest BCUT2D eigenvalue weighted by Gasteiger charge is -2.03. The fourth-order valence-corrected chi connectivity index (χ4v) is 1.52. The van der Waals surface area contributed by atoms with Crippen LogP contribution < -0.4 is 0 Å². The Balaban J connectivity index is 2.58. The number of hydrogen-bond acceptors (Lipinski definition) is 5. The van der Waals surface area contributed by atoms with Gasteiger partial charge in [-0.1, -0.05) is 0 Å². The van der Waals surface area contributed by atoms with Crippen LogP contribution in [0, 0.1) is 21.4 Å². The monoisotopic (exact) mass is 258 g/mol. The van der Waals surface area contributed by atoms with Gasteiger partial charge in [0.25, 0.3) is 5.69 Å². The molecule has 0 radical (unpaired) electrons. The van der Waals surface area contributed by atoms with Gasteiger partial charge in [0.15, 0.2) is 5.69 Å². The minimum Gasteiger partial charge on any atom is -0.476 e. The van der Waals surface area contributed by atoms with Crippen LogP contribution in [0.1, 0.15) is 16.1 Å². The fourth-order valence-electron chi connectivity index (χ4n) is 1.52. The summed E-state index contributed by atoms with van der Waals surface area (Å²) in [4.78, 5) is 24.6. The maximum atomic E-state index is 10.9. The van der Waals surface area contributed by atoms with Crippen LogP contribution in [0.25, 0.3) is 5.69 Å². The topological polar surface area (TPSA) is 122 Å². The van der Waals surface area contributed by atoms with Gasteiger partial charge in [0.1, 0.15) is 12.0 Å². The largest absolute Gasteiger partial charge is 0.476 e. The van der Waals surface area contributed by atoms with Gasteiger partial charge >= 0.3 is 5.97 Å². The van der Waals surface area contributed by atoms with Gasteiger partial charge in [0, 0.05) is 12.3 Å². The van der Waals surface area contributed by atoms with Crippen molar-refractivity contribution >= 4 is 11.7 Å². The molecule has 2 aromatic rings. The van der Waals surface area contributed by atoms with Crippen LogP contribution in [0.15, 0.2) is 30.7 Å². The highest BCUT2D eigenvalue weighted by molar-refractivity contribution is 5.85. The zero-order valence-electron chi connectivity index (χ0n) is 9.35. The van der Waals surface area contributed by atoms with Crippen molar-refractivity contribution in [1.82, 2.24) is 9.55 Å². The molecule has 0 aliphatic rings. The molecule has 0 spiro atoms. The van der Waals surface area contributed by atoms with Gasteiger partial charge in [-0.3, -0.25) is 14.7 Å². The number of hydrogen-bond donors (Lipinski definition) is 1. The third-order valence-electron chi connectivity index (χ3n) is 2.38. The van der Waals surface area contributed by atoms with E-state index in [1.807, 2.05) is 0 Å². The Labute approximate surface area is 106 Å². The van der Waals surface area contributed by atoms with Crippen molar-refractivity contribution in [3.63, 3.8) is 0 Å². The van der Waals surface area contributed by atoms with Gasteiger partial charge in [-0.25, -0.2) is 9.78 Å². The molecule has 0 atom stereocenters. The second-order valence-electron chi connectivity index (χ2n) is 3.54. The quantitative estimate of drug-likeness (QED) is 0.654. The van der Waals surface area contributed by atoms with E-state index >= 15 is 0 Å². The summed E-state index contributed by atoms with van der Waals surface area (Å²) in [5.41, 5.74) is -0.231. The Morgan fingerprint density at radius 1 is 1.53 bits per heavy atom. The minimum atomic E-state index is -1.23. The number of carbonyl (C=O) groups is 1. The van der Waals surface area contributed by atoms with Crippen LogP contribution in [0.3, 0.4) is 0 Å². The maximum absolute atomic E-state index is 10.9. The summed E-state index contributed by atoms with van der Waals surface area (Å²) in [5.74, 6) is -1.23. The fraction of sp³-hybridized carbons (Fsp3) is 0. The number of benzene rings is 1. The summed E-state index contributed by atoms with van der Waals surface area (Å²) >= 11 is 0.